The molecule has 0 saturated carbocycles. The van der Waals surface area contributed by atoms with Crippen molar-refractivity contribution >= 4 is 23.1 Å². The molecule has 0 amide bonds. The van der Waals surface area contributed by atoms with Crippen LogP contribution in [0.3, 0.4) is 0 Å². The Balaban J connectivity index is 3.60. The number of nitrogens with zero attached hydrogens (tertiary/aromatic N) is 1. The summed E-state index contributed by atoms with van der Waals surface area (Å²) >= 11 is 5.29. The van der Waals surface area contributed by atoms with Crippen molar-refractivity contribution in [2.45, 2.75) is 13.1 Å². The summed E-state index contributed by atoms with van der Waals surface area (Å²) in [6.45, 7) is 1.01. The fourth-order valence-corrected chi connectivity index (χ4v) is 1.44. The molecule has 0 fully saturated rings. The second kappa shape index (κ2) is 4.33. The maximum absolute atomic E-state index is 12.5. The van der Waals surface area contributed by atoms with E-state index >= 15 is 0 Å². The zero-order valence-corrected chi connectivity index (χ0v) is 9.09. The Hall–Kier alpha value is -1.63. The van der Waals surface area contributed by atoms with Crippen LogP contribution in [-0.4, -0.2) is 10.7 Å². The molecule has 0 bridgehead atoms. The third-order valence-corrected chi connectivity index (χ3v) is 2.36. The minimum absolute atomic E-state index is 0.409. The van der Waals surface area contributed by atoms with Crippen molar-refractivity contribution in [1.29, 1.82) is 0 Å². The summed E-state index contributed by atoms with van der Waals surface area (Å²) in [6.07, 6.45) is -4.85. The lowest BCUT2D eigenvalue weighted by Crippen LogP contribution is -2.09. The topological polar surface area (TPSA) is 60.2 Å². The quantitative estimate of drug-likeness (QED) is 0.468. The van der Waals surface area contributed by atoms with Crippen molar-refractivity contribution in [2.24, 2.45) is 0 Å². The highest BCUT2D eigenvalue weighted by Crippen LogP contribution is 2.40. The number of carbonyl (C=O) groups is 1. The standard InChI is InChI=1S/C9H5ClF3NO3/c1-4(15)5-2-6(9(11,12)13)8(10)7(3-5)14(16)17/h2-3H,1H3. The highest BCUT2D eigenvalue weighted by molar-refractivity contribution is 6.33. The molecule has 17 heavy (non-hydrogen) atoms. The molecule has 1 rings (SSSR count). The number of hydrogen-bond acceptors (Lipinski definition) is 3. The van der Waals surface area contributed by atoms with Gasteiger partial charge < -0.3 is 0 Å². The molecule has 1 aromatic carbocycles. The van der Waals surface area contributed by atoms with Gasteiger partial charge in [-0.2, -0.15) is 13.2 Å². The van der Waals surface area contributed by atoms with Gasteiger partial charge in [0.1, 0.15) is 5.02 Å². The molecule has 0 aliphatic heterocycles. The lowest BCUT2D eigenvalue weighted by Gasteiger charge is -2.10. The maximum Gasteiger partial charge on any atom is 0.418 e. The number of nitro benzene ring substituents is 1. The van der Waals surface area contributed by atoms with E-state index in [0.29, 0.717) is 6.07 Å². The highest BCUT2D eigenvalue weighted by atomic mass is 35.5. The molecular formula is C9H5ClF3NO3. The van der Waals surface area contributed by atoms with Crippen LogP contribution >= 0.6 is 11.6 Å². The molecule has 0 unspecified atom stereocenters. The molecule has 0 aliphatic carbocycles. The van der Waals surface area contributed by atoms with Gasteiger partial charge in [0.05, 0.1) is 10.5 Å². The van der Waals surface area contributed by atoms with Gasteiger partial charge in [-0.05, 0) is 13.0 Å². The third kappa shape index (κ3) is 2.73. The first kappa shape index (κ1) is 13.4. The first-order chi connectivity index (χ1) is 7.64. The number of benzene rings is 1. The van der Waals surface area contributed by atoms with E-state index in [4.69, 9.17) is 11.6 Å². The smallest absolute Gasteiger partial charge is 0.295 e. The average Bonchev–Trinajstić information content (AvgIpc) is 2.15. The Morgan fingerprint density at radius 1 is 1.41 bits per heavy atom. The summed E-state index contributed by atoms with van der Waals surface area (Å²) in [7, 11) is 0. The molecule has 8 heteroatoms. The van der Waals surface area contributed by atoms with Gasteiger partial charge >= 0.3 is 6.18 Å². The van der Waals surface area contributed by atoms with Crippen LogP contribution < -0.4 is 0 Å². The highest BCUT2D eigenvalue weighted by Gasteiger charge is 2.37. The van der Waals surface area contributed by atoms with E-state index in [0.717, 1.165) is 13.0 Å². The van der Waals surface area contributed by atoms with Gasteiger partial charge in [-0.15, -0.1) is 0 Å². The monoisotopic (exact) mass is 267 g/mol. The number of Topliss-reactive ketones (excluding diaryl/α,β-unsaturated/α-hetero) is 1. The molecule has 4 nitrogen and oxygen atoms in total. The summed E-state index contributed by atoms with van der Waals surface area (Å²) in [6, 6.07) is 1.22. The number of ketones is 1. The molecule has 0 atom stereocenters. The lowest BCUT2D eigenvalue weighted by atomic mass is 10.1. The van der Waals surface area contributed by atoms with E-state index in [-0.39, 0.29) is 0 Å². The van der Waals surface area contributed by atoms with Crippen molar-refractivity contribution < 1.29 is 22.9 Å². The van der Waals surface area contributed by atoms with Crippen LogP contribution in [0.25, 0.3) is 0 Å². The van der Waals surface area contributed by atoms with E-state index in [9.17, 15) is 28.1 Å². The van der Waals surface area contributed by atoms with E-state index in [1.807, 2.05) is 0 Å². The Labute approximate surface area is 98.1 Å². The summed E-state index contributed by atoms with van der Waals surface area (Å²) in [5, 5.41) is 9.50. The summed E-state index contributed by atoms with van der Waals surface area (Å²) in [5.74, 6) is -0.713. The van der Waals surface area contributed by atoms with E-state index in [1.54, 1.807) is 0 Å². The zero-order valence-electron chi connectivity index (χ0n) is 8.34. The van der Waals surface area contributed by atoms with Gasteiger partial charge in [0, 0.05) is 11.6 Å². The van der Waals surface area contributed by atoms with Crippen LogP contribution in [0.2, 0.25) is 5.02 Å². The summed E-state index contributed by atoms with van der Waals surface area (Å²) in [5.41, 5.74) is -2.74. The predicted octanol–water partition coefficient (Wildman–Crippen LogP) is 3.47. The summed E-state index contributed by atoms with van der Waals surface area (Å²) in [4.78, 5) is 20.4. The fourth-order valence-electron chi connectivity index (χ4n) is 1.15. The van der Waals surface area contributed by atoms with Gasteiger partial charge in [0.2, 0.25) is 0 Å². The maximum atomic E-state index is 12.5. The van der Waals surface area contributed by atoms with Gasteiger partial charge in [-0.1, -0.05) is 11.6 Å². The number of hydrogen-bond donors (Lipinski definition) is 0. The first-order valence-electron chi connectivity index (χ1n) is 4.20. The van der Waals surface area contributed by atoms with Gasteiger partial charge in [0.15, 0.2) is 5.78 Å². The Morgan fingerprint density at radius 2 is 1.94 bits per heavy atom. The molecule has 0 heterocycles. The van der Waals surface area contributed by atoms with Gasteiger partial charge in [-0.25, -0.2) is 0 Å². The van der Waals surface area contributed by atoms with Crippen LogP contribution in [0.5, 0.6) is 0 Å². The zero-order chi connectivity index (χ0) is 13.4. The molecule has 0 aliphatic rings. The SMILES string of the molecule is CC(=O)c1cc([N+](=O)[O-])c(Cl)c(C(F)(F)F)c1. The minimum Gasteiger partial charge on any atom is -0.295 e. The summed E-state index contributed by atoms with van der Waals surface area (Å²) < 4.78 is 37.6. The second-order valence-corrected chi connectivity index (χ2v) is 3.55. The van der Waals surface area contributed by atoms with Crippen molar-refractivity contribution in [1.82, 2.24) is 0 Å². The molecular weight excluding hydrogens is 263 g/mol. The molecule has 92 valence electrons. The van der Waals surface area contributed by atoms with Crippen molar-refractivity contribution in [3.8, 4) is 0 Å². The third-order valence-electron chi connectivity index (χ3n) is 1.96. The largest absolute Gasteiger partial charge is 0.418 e. The number of halogens is 4. The molecule has 0 saturated heterocycles. The molecule has 0 spiro atoms. The van der Waals surface area contributed by atoms with Crippen LogP contribution in [0.1, 0.15) is 22.8 Å². The van der Waals surface area contributed by atoms with Gasteiger partial charge in [0.25, 0.3) is 5.69 Å². The number of carbonyl (C=O) groups excluding carboxylic acids is 1. The van der Waals surface area contributed by atoms with E-state index in [1.165, 1.54) is 0 Å². The van der Waals surface area contributed by atoms with Gasteiger partial charge in [-0.3, -0.25) is 14.9 Å². The molecule has 0 N–H and O–H groups in total. The second-order valence-electron chi connectivity index (χ2n) is 3.17. The normalized spacial score (nSPS) is 11.4. The van der Waals surface area contributed by atoms with E-state index < -0.39 is 38.7 Å². The number of rotatable bonds is 2. The first-order valence-corrected chi connectivity index (χ1v) is 4.58. The van der Waals surface area contributed by atoms with Crippen LogP contribution in [-0.2, 0) is 6.18 Å². The number of alkyl halides is 3. The lowest BCUT2D eigenvalue weighted by molar-refractivity contribution is -0.385. The average molecular weight is 268 g/mol. The van der Waals surface area contributed by atoms with Crippen molar-refractivity contribution in [2.75, 3.05) is 0 Å². The van der Waals surface area contributed by atoms with Crippen molar-refractivity contribution in [3.05, 3.63) is 38.4 Å². The van der Waals surface area contributed by atoms with Crippen LogP contribution in [0, 0.1) is 10.1 Å². The fraction of sp³-hybridized carbons (Fsp3) is 0.222. The predicted molar refractivity (Wildman–Crippen MR) is 53.1 cm³/mol. The molecule has 0 aromatic heterocycles. The van der Waals surface area contributed by atoms with Crippen LogP contribution in [0.4, 0.5) is 18.9 Å². The molecule has 1 aromatic rings. The van der Waals surface area contributed by atoms with Crippen molar-refractivity contribution in [3.63, 3.8) is 0 Å². The Bertz CT molecular complexity index is 499. The van der Waals surface area contributed by atoms with Crippen LogP contribution in [0.15, 0.2) is 12.1 Å². The number of nitro groups is 1. The van der Waals surface area contributed by atoms with E-state index in [2.05, 4.69) is 0 Å². The molecule has 0 radical (unpaired) electrons. The Kier molecular flexibility index (Phi) is 3.42. The Morgan fingerprint density at radius 3 is 2.29 bits per heavy atom. The minimum atomic E-state index is -4.85.